The third kappa shape index (κ3) is 5.15. The Balaban J connectivity index is 1.30. The lowest BCUT2D eigenvalue weighted by molar-refractivity contribution is -0.137. The van der Waals surface area contributed by atoms with E-state index < -0.39 is 17.8 Å². The lowest BCUT2D eigenvalue weighted by Crippen LogP contribution is -2.21. The Morgan fingerprint density at radius 3 is 2.51 bits per heavy atom. The van der Waals surface area contributed by atoms with Gasteiger partial charge < -0.3 is 16.0 Å². The zero-order valence-electron chi connectivity index (χ0n) is 18.8. The Hall–Kier alpha value is -5.07. The number of benzene rings is 2. The third-order valence-electron chi connectivity index (χ3n) is 5.40. The first-order valence-electron chi connectivity index (χ1n) is 10.9. The highest BCUT2D eigenvalue weighted by molar-refractivity contribution is 6.10. The highest BCUT2D eigenvalue weighted by atomic mass is 19.4. The second kappa shape index (κ2) is 9.53. The maximum atomic E-state index is 13.2. The first-order chi connectivity index (χ1) is 17.8. The summed E-state index contributed by atoms with van der Waals surface area (Å²) in [6.45, 7) is 0. The fourth-order valence-electron chi connectivity index (χ4n) is 3.70. The van der Waals surface area contributed by atoms with Crippen molar-refractivity contribution < 1.29 is 22.8 Å². The zero-order valence-corrected chi connectivity index (χ0v) is 18.8. The van der Waals surface area contributed by atoms with E-state index in [-0.39, 0.29) is 17.2 Å². The summed E-state index contributed by atoms with van der Waals surface area (Å²) in [5, 5.41) is 15.5. The predicted molar refractivity (Wildman–Crippen MR) is 128 cm³/mol. The molecule has 0 unspecified atom stereocenters. The Labute approximate surface area is 207 Å². The minimum atomic E-state index is -4.60. The quantitative estimate of drug-likeness (QED) is 0.356. The van der Waals surface area contributed by atoms with Crippen molar-refractivity contribution in [1.82, 2.24) is 25.0 Å². The van der Waals surface area contributed by atoms with Crippen LogP contribution in [-0.4, -0.2) is 36.8 Å². The van der Waals surface area contributed by atoms with E-state index >= 15 is 0 Å². The van der Waals surface area contributed by atoms with Crippen LogP contribution < -0.4 is 16.0 Å². The fraction of sp³-hybridized carbons (Fsp3) is 0.0833. The van der Waals surface area contributed by atoms with Crippen molar-refractivity contribution in [1.29, 1.82) is 0 Å². The number of hydrogen-bond acceptors (Lipinski definition) is 7. The van der Waals surface area contributed by atoms with Crippen LogP contribution in [0.2, 0.25) is 0 Å². The molecule has 2 aromatic carbocycles. The van der Waals surface area contributed by atoms with Gasteiger partial charge in [-0.1, -0.05) is 11.3 Å². The molecule has 186 valence electrons. The van der Waals surface area contributed by atoms with Crippen LogP contribution in [0.15, 0.2) is 73.3 Å². The monoisotopic (exact) mass is 506 g/mol. The smallest absolute Gasteiger partial charge is 0.340 e. The number of carbonyl (C=O) groups is 2. The lowest BCUT2D eigenvalue weighted by Gasteiger charge is -2.15. The summed E-state index contributed by atoms with van der Waals surface area (Å²) >= 11 is 0. The standard InChI is InChI=1S/C24H17F3N8O2/c25-24(26,27)14-4-9-19(35-11-10-30-34-35)18(12-14)33-23(37)32-16-7-5-15(6-8-16)31-22-21-17(28-13-29-22)2-1-3-20(21)36/h1,3-13H,2H2,(H,28,29,31)(H2,32,33,37). The molecule has 2 aromatic heterocycles. The molecule has 0 atom stereocenters. The van der Waals surface area contributed by atoms with E-state index in [9.17, 15) is 22.8 Å². The van der Waals surface area contributed by atoms with E-state index in [0.29, 0.717) is 34.9 Å². The number of nitrogens with zero attached hydrogens (tertiary/aromatic N) is 5. The van der Waals surface area contributed by atoms with Crippen LogP contribution in [0.3, 0.4) is 0 Å². The Kier molecular flexibility index (Phi) is 6.09. The minimum Gasteiger partial charge on any atom is -0.340 e. The van der Waals surface area contributed by atoms with Crippen LogP contribution in [0.5, 0.6) is 0 Å². The number of rotatable bonds is 5. The number of anilines is 4. The SMILES string of the molecule is O=C(Nc1ccc(Nc2ncnc3c2C(=O)C=CC3)cc1)Nc1cc(C(F)(F)F)ccc1-n1ccnn1. The second-order valence-corrected chi connectivity index (χ2v) is 7.87. The van der Waals surface area contributed by atoms with Gasteiger partial charge in [-0.3, -0.25) is 4.79 Å². The van der Waals surface area contributed by atoms with E-state index in [1.54, 1.807) is 30.3 Å². The number of urea groups is 1. The molecule has 13 heteroatoms. The molecule has 0 aliphatic heterocycles. The summed E-state index contributed by atoms with van der Waals surface area (Å²) < 4.78 is 40.9. The summed E-state index contributed by atoms with van der Waals surface area (Å²) in [5.74, 6) is 0.169. The molecule has 0 saturated carbocycles. The van der Waals surface area contributed by atoms with Crippen LogP contribution in [0.4, 0.5) is 40.8 Å². The van der Waals surface area contributed by atoms with Gasteiger partial charge in [-0.25, -0.2) is 19.4 Å². The average Bonchev–Trinajstić information content (AvgIpc) is 3.40. The molecule has 5 rings (SSSR count). The van der Waals surface area contributed by atoms with E-state index in [4.69, 9.17) is 0 Å². The number of ketones is 1. The predicted octanol–water partition coefficient (Wildman–Crippen LogP) is 4.76. The van der Waals surface area contributed by atoms with Gasteiger partial charge in [0.1, 0.15) is 12.1 Å². The maximum absolute atomic E-state index is 13.2. The molecule has 0 saturated heterocycles. The number of carbonyl (C=O) groups excluding carboxylic acids is 2. The summed E-state index contributed by atoms with van der Waals surface area (Å²) in [5.41, 5.74) is 1.17. The van der Waals surface area contributed by atoms with Crippen LogP contribution in [-0.2, 0) is 12.6 Å². The molecule has 1 aliphatic rings. The number of aromatic nitrogens is 5. The second-order valence-electron chi connectivity index (χ2n) is 7.87. The number of alkyl halides is 3. The molecule has 37 heavy (non-hydrogen) atoms. The molecule has 0 bridgehead atoms. The number of halogens is 3. The molecule has 2 amide bonds. The van der Waals surface area contributed by atoms with Crippen molar-refractivity contribution in [3.05, 3.63) is 90.2 Å². The van der Waals surface area contributed by atoms with Crippen molar-refractivity contribution in [2.75, 3.05) is 16.0 Å². The Morgan fingerprint density at radius 1 is 1.00 bits per heavy atom. The molecule has 0 fully saturated rings. The number of hydrogen-bond donors (Lipinski definition) is 3. The highest BCUT2D eigenvalue weighted by Crippen LogP contribution is 2.33. The fourth-order valence-corrected chi connectivity index (χ4v) is 3.70. The molecular formula is C24H17F3N8O2. The van der Waals surface area contributed by atoms with Gasteiger partial charge in [0.2, 0.25) is 0 Å². The van der Waals surface area contributed by atoms with E-state index in [1.807, 2.05) is 0 Å². The zero-order chi connectivity index (χ0) is 26.0. The molecule has 10 nitrogen and oxygen atoms in total. The van der Waals surface area contributed by atoms with Gasteiger partial charge in [0, 0.05) is 17.8 Å². The maximum Gasteiger partial charge on any atom is 0.416 e. The molecule has 2 heterocycles. The third-order valence-corrected chi connectivity index (χ3v) is 5.40. The van der Waals surface area contributed by atoms with Gasteiger partial charge in [0.05, 0.1) is 40.6 Å². The van der Waals surface area contributed by atoms with E-state index in [1.165, 1.54) is 35.5 Å². The Morgan fingerprint density at radius 2 is 1.78 bits per heavy atom. The van der Waals surface area contributed by atoms with E-state index in [0.717, 1.165) is 12.1 Å². The van der Waals surface area contributed by atoms with Crippen LogP contribution in [0.1, 0.15) is 21.6 Å². The summed E-state index contributed by atoms with van der Waals surface area (Å²) in [6, 6.07) is 8.62. The van der Waals surface area contributed by atoms with Crippen molar-refractivity contribution in [3.8, 4) is 5.69 Å². The first kappa shape index (κ1) is 23.7. The van der Waals surface area contributed by atoms with Gasteiger partial charge in [-0.2, -0.15) is 13.2 Å². The molecule has 3 N–H and O–H groups in total. The highest BCUT2D eigenvalue weighted by Gasteiger charge is 2.31. The van der Waals surface area contributed by atoms with Crippen molar-refractivity contribution in [2.24, 2.45) is 0 Å². The van der Waals surface area contributed by atoms with Crippen LogP contribution in [0.25, 0.3) is 5.69 Å². The molecule has 1 aliphatic carbocycles. The minimum absolute atomic E-state index is 0.108. The van der Waals surface area contributed by atoms with Crippen LogP contribution >= 0.6 is 0 Å². The Bertz CT molecular complexity index is 1500. The van der Waals surface area contributed by atoms with Gasteiger partial charge in [-0.15, -0.1) is 5.10 Å². The first-order valence-corrected chi connectivity index (χ1v) is 10.9. The average molecular weight is 506 g/mol. The normalized spacial score (nSPS) is 12.7. The molecule has 4 aromatic rings. The summed E-state index contributed by atoms with van der Waals surface area (Å²) in [6.07, 6.45) is 3.32. The molecular weight excluding hydrogens is 489 g/mol. The largest absolute Gasteiger partial charge is 0.416 e. The van der Waals surface area contributed by atoms with Gasteiger partial charge in [0.25, 0.3) is 0 Å². The number of nitrogens with one attached hydrogen (secondary N) is 3. The number of amides is 2. The van der Waals surface area contributed by atoms with Crippen molar-refractivity contribution >= 4 is 34.7 Å². The van der Waals surface area contributed by atoms with Crippen LogP contribution in [0, 0.1) is 0 Å². The van der Waals surface area contributed by atoms with Crippen molar-refractivity contribution in [2.45, 2.75) is 12.6 Å². The number of fused-ring (bicyclic) bond motifs is 1. The van der Waals surface area contributed by atoms with E-state index in [2.05, 4.69) is 36.2 Å². The van der Waals surface area contributed by atoms with Crippen molar-refractivity contribution in [3.63, 3.8) is 0 Å². The molecule has 0 spiro atoms. The molecule has 0 radical (unpaired) electrons. The van der Waals surface area contributed by atoms with Gasteiger partial charge in [-0.05, 0) is 48.5 Å². The topological polar surface area (TPSA) is 127 Å². The lowest BCUT2D eigenvalue weighted by atomic mass is 10.0. The van der Waals surface area contributed by atoms with Gasteiger partial charge >= 0.3 is 12.2 Å². The number of allylic oxidation sites excluding steroid dienone is 2. The van der Waals surface area contributed by atoms with Gasteiger partial charge in [0.15, 0.2) is 5.78 Å². The summed E-state index contributed by atoms with van der Waals surface area (Å²) in [4.78, 5) is 33.2. The summed E-state index contributed by atoms with van der Waals surface area (Å²) in [7, 11) is 0.